The van der Waals surface area contributed by atoms with E-state index in [0.29, 0.717) is 5.41 Å². The fraction of sp³-hybridized carbons (Fsp3) is 0.286. The van der Waals surface area contributed by atoms with Crippen LogP contribution in [0, 0.1) is 5.41 Å². The first kappa shape index (κ1) is 20.0. The highest BCUT2D eigenvalue weighted by atomic mass is 32.1. The molecule has 2 aromatic carbocycles. The third-order valence-electron chi connectivity index (χ3n) is 7.88. The minimum absolute atomic E-state index is 0.480. The number of ether oxygens (including phenoxy) is 1. The summed E-state index contributed by atoms with van der Waals surface area (Å²) >= 11 is 1.91. The molecule has 0 saturated carbocycles. The molecule has 8 rings (SSSR count). The summed E-state index contributed by atoms with van der Waals surface area (Å²) < 4.78 is 7.32. The lowest BCUT2D eigenvalue weighted by Crippen LogP contribution is -2.65. The predicted octanol–water partition coefficient (Wildman–Crippen LogP) is 5.10. The van der Waals surface area contributed by atoms with Gasteiger partial charge in [-0.25, -0.2) is 0 Å². The van der Waals surface area contributed by atoms with Crippen LogP contribution < -0.4 is 0 Å². The third-order valence-corrected chi connectivity index (χ3v) is 9.07. The average molecular weight is 480 g/mol. The largest absolute Gasteiger partial charge is 0.380 e. The van der Waals surface area contributed by atoms with E-state index in [2.05, 4.69) is 63.6 Å². The second kappa shape index (κ2) is 7.13. The summed E-state index contributed by atoms with van der Waals surface area (Å²) in [6, 6.07) is 17.9. The van der Waals surface area contributed by atoms with Crippen molar-refractivity contribution < 1.29 is 4.74 Å². The van der Waals surface area contributed by atoms with E-state index in [1.165, 1.54) is 50.8 Å². The van der Waals surface area contributed by atoms with Gasteiger partial charge in [-0.15, -0.1) is 11.3 Å². The summed E-state index contributed by atoms with van der Waals surface area (Å²) in [5.41, 5.74) is 10.3. The number of hydrogen-bond acceptors (Lipinski definition) is 5. The number of thiophene rings is 1. The van der Waals surface area contributed by atoms with Crippen LogP contribution in [-0.2, 0) is 24.8 Å². The van der Waals surface area contributed by atoms with Crippen molar-refractivity contribution in [3.8, 4) is 33.0 Å². The molecule has 3 aromatic heterocycles. The normalized spacial score (nSPS) is 18.0. The molecule has 2 fully saturated rings. The highest BCUT2D eigenvalue weighted by molar-refractivity contribution is 7.16. The molecule has 7 heteroatoms. The summed E-state index contributed by atoms with van der Waals surface area (Å²) in [5.74, 6) is 0. The lowest BCUT2D eigenvalue weighted by molar-refractivity contribution is -0.191. The minimum atomic E-state index is 0.480. The molecule has 5 heterocycles. The number of hydrogen-bond donors (Lipinski definition) is 1. The van der Waals surface area contributed by atoms with Crippen LogP contribution in [0.5, 0.6) is 0 Å². The van der Waals surface area contributed by atoms with E-state index in [1.807, 2.05) is 29.3 Å². The van der Waals surface area contributed by atoms with Crippen molar-refractivity contribution in [3.05, 3.63) is 70.7 Å². The van der Waals surface area contributed by atoms with Crippen molar-refractivity contribution in [1.82, 2.24) is 24.9 Å². The van der Waals surface area contributed by atoms with Gasteiger partial charge in [0, 0.05) is 70.3 Å². The second-order valence-corrected chi connectivity index (χ2v) is 11.6. The number of fused-ring (bicyclic) bond motifs is 4. The zero-order valence-electron chi connectivity index (χ0n) is 19.5. The molecule has 0 bridgehead atoms. The summed E-state index contributed by atoms with van der Waals surface area (Å²) in [4.78, 5) is 5.28. The Kier molecular flexibility index (Phi) is 4.07. The summed E-state index contributed by atoms with van der Waals surface area (Å²) in [7, 11) is 1.98. The molecule has 0 radical (unpaired) electrons. The molecule has 0 unspecified atom stereocenters. The van der Waals surface area contributed by atoms with Crippen LogP contribution >= 0.6 is 11.3 Å². The highest BCUT2D eigenvalue weighted by Crippen LogP contribution is 2.47. The Morgan fingerprint density at radius 1 is 1.06 bits per heavy atom. The predicted molar refractivity (Wildman–Crippen MR) is 138 cm³/mol. The highest BCUT2D eigenvalue weighted by Gasteiger charge is 2.48. The van der Waals surface area contributed by atoms with Gasteiger partial charge in [0.1, 0.15) is 0 Å². The van der Waals surface area contributed by atoms with Gasteiger partial charge in [-0.05, 0) is 23.3 Å². The number of aromatic nitrogens is 4. The van der Waals surface area contributed by atoms with Gasteiger partial charge in [0.15, 0.2) is 0 Å². The molecule has 6 nitrogen and oxygen atoms in total. The fourth-order valence-electron chi connectivity index (χ4n) is 5.98. The van der Waals surface area contributed by atoms with Crippen molar-refractivity contribution >= 4 is 22.2 Å². The topological polar surface area (TPSA) is 59.0 Å². The Bertz CT molecular complexity index is 1600. The number of nitrogens with zero attached hydrogens (tertiary/aromatic N) is 4. The molecular formula is C28H25N5OS. The van der Waals surface area contributed by atoms with Crippen molar-refractivity contribution in [3.63, 3.8) is 0 Å². The van der Waals surface area contributed by atoms with Crippen molar-refractivity contribution in [2.75, 3.05) is 26.3 Å². The maximum Gasteiger partial charge on any atom is 0.0963 e. The molecule has 174 valence electrons. The number of nitrogens with one attached hydrogen (secondary N) is 1. The second-order valence-electron chi connectivity index (χ2n) is 10.4. The quantitative estimate of drug-likeness (QED) is 0.382. The van der Waals surface area contributed by atoms with Gasteiger partial charge in [-0.3, -0.25) is 14.7 Å². The molecule has 2 aliphatic heterocycles. The number of benzene rings is 2. The summed E-state index contributed by atoms with van der Waals surface area (Å²) in [6.45, 7) is 5.29. The van der Waals surface area contributed by atoms with Gasteiger partial charge in [0.25, 0.3) is 0 Å². The number of aryl methyl sites for hydroxylation is 1. The zero-order chi connectivity index (χ0) is 23.1. The zero-order valence-corrected chi connectivity index (χ0v) is 20.4. The Hall–Kier alpha value is -3.26. The van der Waals surface area contributed by atoms with Crippen molar-refractivity contribution in [2.24, 2.45) is 12.5 Å². The molecule has 2 saturated heterocycles. The Morgan fingerprint density at radius 3 is 2.69 bits per heavy atom. The molecule has 0 atom stereocenters. The molecule has 1 aliphatic carbocycles. The standard InChI is InChI=1S/C28H25N5OS/c1-32-23-8-19(6-7-20(23)11-29-32)26-22-10-25-21(27(22)31-30-26)9-24(35-25)18-4-2-17(3-5-18)12-33-13-28(14-33)15-34-16-28/h2-9,11H,10,12-16H2,1H3,(H,30,31). The van der Waals surface area contributed by atoms with Crippen LogP contribution in [0.3, 0.4) is 0 Å². The minimum Gasteiger partial charge on any atom is -0.380 e. The molecule has 1 spiro atoms. The van der Waals surface area contributed by atoms with Gasteiger partial charge < -0.3 is 4.74 Å². The van der Waals surface area contributed by atoms with Gasteiger partial charge in [-0.2, -0.15) is 10.2 Å². The molecule has 0 amide bonds. The van der Waals surface area contributed by atoms with E-state index < -0.39 is 0 Å². The Morgan fingerprint density at radius 2 is 1.89 bits per heavy atom. The lowest BCUT2D eigenvalue weighted by Gasteiger charge is -2.55. The van der Waals surface area contributed by atoms with Gasteiger partial charge in [0.05, 0.1) is 36.3 Å². The molecule has 1 N–H and O–H groups in total. The fourth-order valence-corrected chi connectivity index (χ4v) is 7.17. The first-order valence-corrected chi connectivity index (χ1v) is 13.0. The van der Waals surface area contributed by atoms with Crippen LogP contribution in [0.2, 0.25) is 0 Å². The third kappa shape index (κ3) is 3.02. The molecule has 3 aliphatic rings. The van der Waals surface area contributed by atoms with Crippen molar-refractivity contribution in [1.29, 1.82) is 0 Å². The molecular weight excluding hydrogens is 454 g/mol. The van der Waals surface area contributed by atoms with E-state index in [4.69, 9.17) is 9.84 Å². The first-order valence-electron chi connectivity index (χ1n) is 12.2. The van der Waals surface area contributed by atoms with Gasteiger partial charge in [-0.1, -0.05) is 36.4 Å². The van der Waals surface area contributed by atoms with E-state index in [-0.39, 0.29) is 0 Å². The number of rotatable bonds is 4. The van der Waals surface area contributed by atoms with Crippen LogP contribution in [-0.4, -0.2) is 51.2 Å². The smallest absolute Gasteiger partial charge is 0.0963 e. The number of aromatic amines is 1. The van der Waals surface area contributed by atoms with Gasteiger partial charge in [0.2, 0.25) is 0 Å². The molecule has 5 aromatic rings. The van der Waals surface area contributed by atoms with Crippen LogP contribution in [0.1, 0.15) is 16.0 Å². The molecule has 35 heavy (non-hydrogen) atoms. The Labute approximate surface area is 207 Å². The van der Waals surface area contributed by atoms with E-state index in [1.54, 1.807) is 0 Å². The van der Waals surface area contributed by atoms with Crippen LogP contribution in [0.25, 0.3) is 43.9 Å². The maximum absolute atomic E-state index is 5.40. The SMILES string of the molecule is Cn1ncc2ccc(-c3n[nH]c4c3Cc3sc(-c5ccc(CN6CC7(COC7)C6)cc5)cc3-4)cc21. The number of H-pyrrole nitrogens is 1. The van der Waals surface area contributed by atoms with E-state index in [0.717, 1.165) is 48.3 Å². The number of likely N-dealkylation sites (tertiary alicyclic amines) is 1. The Balaban J connectivity index is 1.04. The maximum atomic E-state index is 5.40. The lowest BCUT2D eigenvalue weighted by atomic mass is 9.78. The van der Waals surface area contributed by atoms with Crippen LogP contribution in [0.4, 0.5) is 0 Å². The van der Waals surface area contributed by atoms with E-state index >= 15 is 0 Å². The first-order chi connectivity index (χ1) is 17.1. The monoisotopic (exact) mass is 479 g/mol. The van der Waals surface area contributed by atoms with E-state index in [9.17, 15) is 0 Å². The van der Waals surface area contributed by atoms with Crippen molar-refractivity contribution in [2.45, 2.75) is 13.0 Å². The summed E-state index contributed by atoms with van der Waals surface area (Å²) in [6.07, 6.45) is 2.84. The van der Waals surface area contributed by atoms with Crippen LogP contribution in [0.15, 0.2) is 54.7 Å². The van der Waals surface area contributed by atoms with Gasteiger partial charge >= 0.3 is 0 Å². The average Bonchev–Trinajstić information content (AvgIpc) is 3.57. The summed E-state index contributed by atoms with van der Waals surface area (Å²) in [5, 5.41) is 13.6.